The number of nitrogens with one attached hydrogen (secondary N) is 1. The molecular weight excluding hydrogens is 372 g/mol. The van der Waals surface area contributed by atoms with E-state index >= 15 is 0 Å². The quantitative estimate of drug-likeness (QED) is 0.746. The van der Waals surface area contributed by atoms with Crippen LogP contribution < -0.4 is 9.62 Å². The number of benzene rings is 1. The van der Waals surface area contributed by atoms with E-state index < -0.39 is 28.5 Å². The molecule has 1 atom stereocenters. The van der Waals surface area contributed by atoms with Gasteiger partial charge in [0, 0.05) is 6.04 Å². The molecule has 2 aromatic rings. The van der Waals surface area contributed by atoms with Crippen LogP contribution >= 0.6 is 0 Å². The fourth-order valence-corrected chi connectivity index (χ4v) is 4.36. The molecular formula is C18H20N2O6S. The third kappa shape index (κ3) is 4.30. The number of hydrogen-bond acceptors (Lipinski definition) is 6. The number of ether oxygens (including phenoxy) is 1. The number of carbonyl (C=O) groups excluding carboxylic acids is 2. The first kappa shape index (κ1) is 19.0. The average Bonchev–Trinajstić information content (AvgIpc) is 3.22. The highest BCUT2D eigenvalue weighted by Gasteiger charge is 2.32. The van der Waals surface area contributed by atoms with E-state index in [1.165, 1.54) is 16.6 Å². The minimum Gasteiger partial charge on any atom is -0.467 e. The first-order chi connectivity index (χ1) is 12.8. The highest BCUT2D eigenvalue weighted by molar-refractivity contribution is 7.92. The number of fused-ring (bicyclic) bond motifs is 1. The zero-order chi connectivity index (χ0) is 19.6. The minimum absolute atomic E-state index is 0.210. The second kappa shape index (κ2) is 7.43. The van der Waals surface area contributed by atoms with Crippen molar-refractivity contribution in [3.8, 4) is 0 Å². The SMILES string of the molecule is C[C@@H]1Cc2cc(C(=O)OCC(=O)NCc3ccco3)ccc2N1S(C)(=O)=O. The Hall–Kier alpha value is -2.81. The van der Waals surface area contributed by atoms with E-state index in [1.807, 2.05) is 6.92 Å². The third-order valence-electron chi connectivity index (χ3n) is 4.20. The largest absolute Gasteiger partial charge is 0.467 e. The molecule has 1 aromatic carbocycles. The van der Waals surface area contributed by atoms with Crippen LogP contribution in [0.1, 0.15) is 28.6 Å². The summed E-state index contributed by atoms with van der Waals surface area (Å²) in [4.78, 5) is 23.9. The van der Waals surface area contributed by atoms with E-state index in [9.17, 15) is 18.0 Å². The van der Waals surface area contributed by atoms with Crippen molar-refractivity contribution in [1.82, 2.24) is 5.32 Å². The van der Waals surface area contributed by atoms with Crippen LogP contribution in [0, 0.1) is 0 Å². The lowest BCUT2D eigenvalue weighted by molar-refractivity contribution is -0.124. The maximum absolute atomic E-state index is 12.2. The number of nitrogens with zero attached hydrogens (tertiary/aromatic N) is 1. The van der Waals surface area contributed by atoms with Gasteiger partial charge in [0.05, 0.1) is 30.3 Å². The molecule has 27 heavy (non-hydrogen) atoms. The molecule has 9 heteroatoms. The maximum Gasteiger partial charge on any atom is 0.338 e. The molecule has 1 amide bonds. The molecule has 0 aliphatic carbocycles. The molecule has 3 rings (SSSR count). The van der Waals surface area contributed by atoms with E-state index in [0.717, 1.165) is 11.8 Å². The van der Waals surface area contributed by atoms with Crippen molar-refractivity contribution >= 4 is 27.6 Å². The van der Waals surface area contributed by atoms with Gasteiger partial charge in [-0.15, -0.1) is 0 Å². The Morgan fingerprint density at radius 1 is 1.33 bits per heavy atom. The smallest absolute Gasteiger partial charge is 0.338 e. The molecule has 0 saturated heterocycles. The van der Waals surface area contributed by atoms with Gasteiger partial charge in [0.15, 0.2) is 6.61 Å². The molecule has 1 aliphatic heterocycles. The van der Waals surface area contributed by atoms with Gasteiger partial charge in [-0.1, -0.05) is 0 Å². The Bertz CT molecular complexity index is 952. The number of rotatable bonds is 6. The van der Waals surface area contributed by atoms with Crippen molar-refractivity contribution < 1.29 is 27.2 Å². The zero-order valence-corrected chi connectivity index (χ0v) is 15.8. The number of esters is 1. The molecule has 0 saturated carbocycles. The van der Waals surface area contributed by atoms with Gasteiger partial charge in [0.1, 0.15) is 5.76 Å². The van der Waals surface area contributed by atoms with Crippen molar-refractivity contribution in [1.29, 1.82) is 0 Å². The second-order valence-corrected chi connectivity index (χ2v) is 8.25. The normalized spacial score (nSPS) is 16.1. The molecule has 0 spiro atoms. The van der Waals surface area contributed by atoms with Gasteiger partial charge >= 0.3 is 5.97 Å². The summed E-state index contributed by atoms with van der Waals surface area (Å²) < 4.78 is 35.3. The minimum atomic E-state index is -3.39. The Kier molecular flexibility index (Phi) is 5.22. The first-order valence-corrected chi connectivity index (χ1v) is 10.2. The Morgan fingerprint density at radius 3 is 2.78 bits per heavy atom. The molecule has 0 bridgehead atoms. The van der Waals surface area contributed by atoms with E-state index in [4.69, 9.17) is 9.15 Å². The highest BCUT2D eigenvalue weighted by atomic mass is 32.2. The van der Waals surface area contributed by atoms with Gasteiger partial charge in [-0.05, 0) is 49.2 Å². The fourth-order valence-electron chi connectivity index (χ4n) is 3.10. The lowest BCUT2D eigenvalue weighted by atomic mass is 10.1. The molecule has 0 fully saturated rings. The highest BCUT2D eigenvalue weighted by Crippen LogP contribution is 2.34. The standard InChI is InChI=1S/C18H20N2O6S/c1-12-8-14-9-13(5-6-16(14)20(12)27(2,23)24)18(22)26-11-17(21)19-10-15-4-3-7-25-15/h3-7,9,12H,8,10-11H2,1-2H3,(H,19,21)/t12-/m1/s1. The van der Waals surface area contributed by atoms with Crippen molar-refractivity contribution in [2.45, 2.75) is 25.9 Å². The lowest BCUT2D eigenvalue weighted by Gasteiger charge is -2.21. The van der Waals surface area contributed by atoms with Crippen LogP contribution in [0.15, 0.2) is 41.0 Å². The predicted octanol–water partition coefficient (Wildman–Crippen LogP) is 1.46. The van der Waals surface area contributed by atoms with E-state index in [-0.39, 0.29) is 18.2 Å². The van der Waals surface area contributed by atoms with E-state index in [0.29, 0.717) is 17.9 Å². The number of carbonyl (C=O) groups is 2. The third-order valence-corrected chi connectivity index (χ3v) is 5.47. The van der Waals surface area contributed by atoms with Crippen LogP contribution in [-0.2, 0) is 32.5 Å². The first-order valence-electron chi connectivity index (χ1n) is 8.34. The summed E-state index contributed by atoms with van der Waals surface area (Å²) in [7, 11) is -3.39. The average molecular weight is 392 g/mol. The summed E-state index contributed by atoms with van der Waals surface area (Å²) in [6.45, 7) is 1.60. The summed E-state index contributed by atoms with van der Waals surface area (Å²) >= 11 is 0. The van der Waals surface area contributed by atoms with Crippen molar-refractivity contribution in [3.05, 3.63) is 53.5 Å². The number of anilines is 1. The maximum atomic E-state index is 12.2. The zero-order valence-electron chi connectivity index (χ0n) is 15.0. The van der Waals surface area contributed by atoms with Crippen LogP contribution in [0.25, 0.3) is 0 Å². The molecule has 0 radical (unpaired) electrons. The van der Waals surface area contributed by atoms with Crippen molar-refractivity contribution in [2.75, 3.05) is 17.2 Å². The molecule has 1 N–H and O–H groups in total. The number of hydrogen-bond donors (Lipinski definition) is 1. The molecule has 1 aromatic heterocycles. The van der Waals surface area contributed by atoms with Gasteiger partial charge in [0.25, 0.3) is 5.91 Å². The van der Waals surface area contributed by atoms with Crippen LogP contribution in [0.5, 0.6) is 0 Å². The molecule has 144 valence electrons. The summed E-state index contributed by atoms with van der Waals surface area (Å²) in [5.41, 5.74) is 1.59. The molecule has 0 unspecified atom stereocenters. The van der Waals surface area contributed by atoms with E-state index in [1.54, 1.807) is 24.3 Å². The van der Waals surface area contributed by atoms with Gasteiger partial charge < -0.3 is 14.5 Å². The fraction of sp³-hybridized carbons (Fsp3) is 0.333. The molecule has 1 aliphatic rings. The van der Waals surface area contributed by atoms with Gasteiger partial charge in [-0.3, -0.25) is 9.10 Å². The van der Waals surface area contributed by atoms with Gasteiger partial charge in [0.2, 0.25) is 10.0 Å². The molecule has 2 heterocycles. The Balaban J connectivity index is 1.60. The monoisotopic (exact) mass is 392 g/mol. The lowest BCUT2D eigenvalue weighted by Crippen LogP contribution is -2.34. The van der Waals surface area contributed by atoms with Crippen molar-refractivity contribution in [2.24, 2.45) is 0 Å². The van der Waals surface area contributed by atoms with Crippen LogP contribution in [0.2, 0.25) is 0 Å². The number of furan rings is 1. The van der Waals surface area contributed by atoms with Gasteiger partial charge in [-0.25, -0.2) is 13.2 Å². The number of sulfonamides is 1. The summed E-state index contributed by atoms with van der Waals surface area (Å²) in [6, 6.07) is 7.92. The summed E-state index contributed by atoms with van der Waals surface area (Å²) in [6.07, 6.45) is 3.16. The summed E-state index contributed by atoms with van der Waals surface area (Å²) in [5, 5.41) is 2.58. The van der Waals surface area contributed by atoms with Crippen LogP contribution in [-0.4, -0.2) is 39.2 Å². The summed E-state index contributed by atoms with van der Waals surface area (Å²) in [5.74, 6) is -0.493. The van der Waals surface area contributed by atoms with Crippen LogP contribution in [0.3, 0.4) is 0 Å². The van der Waals surface area contributed by atoms with Gasteiger partial charge in [-0.2, -0.15) is 0 Å². The predicted molar refractivity (Wildman–Crippen MR) is 97.8 cm³/mol. The Labute approximate surface area is 157 Å². The van der Waals surface area contributed by atoms with Crippen molar-refractivity contribution in [3.63, 3.8) is 0 Å². The second-order valence-electron chi connectivity index (χ2n) is 6.39. The topological polar surface area (TPSA) is 106 Å². The number of amides is 1. The molecule has 8 nitrogen and oxygen atoms in total. The van der Waals surface area contributed by atoms with Crippen LogP contribution in [0.4, 0.5) is 5.69 Å². The Morgan fingerprint density at radius 2 is 2.11 bits per heavy atom. The van der Waals surface area contributed by atoms with E-state index in [2.05, 4.69) is 5.32 Å².